The predicted octanol–water partition coefficient (Wildman–Crippen LogP) is 0.751. The number of benzene rings is 1. The SMILES string of the molecule is COCCNC(=O)[C@H](C#N)c1nc2ccccc2nc1N1CCN(C)CC1. The van der Waals surface area contributed by atoms with Crippen LogP contribution < -0.4 is 10.2 Å². The van der Waals surface area contributed by atoms with Crippen LogP contribution in [0.1, 0.15) is 11.6 Å². The molecule has 1 fully saturated rings. The summed E-state index contributed by atoms with van der Waals surface area (Å²) in [6.07, 6.45) is 0. The number of rotatable bonds is 6. The number of nitrogens with zero attached hydrogens (tertiary/aromatic N) is 5. The molecule has 27 heavy (non-hydrogen) atoms. The summed E-state index contributed by atoms with van der Waals surface area (Å²) in [5.41, 5.74) is 1.85. The Kier molecular flexibility index (Phi) is 6.16. The first kappa shape index (κ1) is 19.0. The predicted molar refractivity (Wildman–Crippen MR) is 102 cm³/mol. The van der Waals surface area contributed by atoms with Crippen molar-refractivity contribution in [2.75, 3.05) is 58.4 Å². The summed E-state index contributed by atoms with van der Waals surface area (Å²) in [4.78, 5) is 26.4. The summed E-state index contributed by atoms with van der Waals surface area (Å²) in [6, 6.07) is 9.62. The molecule has 0 spiro atoms. The van der Waals surface area contributed by atoms with Gasteiger partial charge >= 0.3 is 0 Å². The Morgan fingerprint density at radius 2 is 1.93 bits per heavy atom. The molecule has 0 unspecified atom stereocenters. The van der Waals surface area contributed by atoms with E-state index < -0.39 is 5.92 Å². The number of hydrogen-bond acceptors (Lipinski definition) is 7. The Morgan fingerprint density at radius 1 is 1.26 bits per heavy atom. The van der Waals surface area contributed by atoms with Crippen LogP contribution in [-0.2, 0) is 9.53 Å². The van der Waals surface area contributed by atoms with E-state index in [0.717, 1.165) is 31.7 Å². The monoisotopic (exact) mass is 368 g/mol. The smallest absolute Gasteiger partial charge is 0.243 e. The quantitative estimate of drug-likeness (QED) is 0.752. The number of carbonyl (C=O) groups excluding carboxylic acids is 1. The van der Waals surface area contributed by atoms with Crippen LogP contribution in [0.2, 0.25) is 0 Å². The number of para-hydroxylation sites is 2. The molecule has 1 saturated heterocycles. The number of nitrogens with one attached hydrogen (secondary N) is 1. The Morgan fingerprint density at radius 3 is 2.56 bits per heavy atom. The van der Waals surface area contributed by atoms with Crippen molar-refractivity contribution in [3.63, 3.8) is 0 Å². The van der Waals surface area contributed by atoms with E-state index in [1.165, 1.54) is 0 Å². The number of hydrogen-bond donors (Lipinski definition) is 1. The highest BCUT2D eigenvalue weighted by Gasteiger charge is 2.29. The van der Waals surface area contributed by atoms with Gasteiger partial charge in [0.1, 0.15) is 5.69 Å². The van der Waals surface area contributed by atoms with Gasteiger partial charge in [-0.2, -0.15) is 5.26 Å². The van der Waals surface area contributed by atoms with Gasteiger partial charge in [-0.05, 0) is 19.2 Å². The first-order valence-corrected chi connectivity index (χ1v) is 9.00. The zero-order valence-corrected chi connectivity index (χ0v) is 15.7. The Hall–Kier alpha value is -2.76. The van der Waals surface area contributed by atoms with Gasteiger partial charge < -0.3 is 19.9 Å². The maximum atomic E-state index is 12.6. The fourth-order valence-corrected chi connectivity index (χ4v) is 3.07. The third-order valence-corrected chi connectivity index (χ3v) is 4.65. The van der Waals surface area contributed by atoms with Crippen molar-refractivity contribution < 1.29 is 9.53 Å². The number of methoxy groups -OCH3 is 1. The minimum atomic E-state index is -1.02. The number of aromatic nitrogens is 2. The molecule has 1 aliphatic rings. The van der Waals surface area contributed by atoms with E-state index in [-0.39, 0.29) is 5.91 Å². The highest BCUT2D eigenvalue weighted by Crippen LogP contribution is 2.27. The summed E-state index contributed by atoms with van der Waals surface area (Å²) in [5.74, 6) is -0.779. The molecular weight excluding hydrogens is 344 g/mol. The molecular formula is C19H24N6O2. The van der Waals surface area contributed by atoms with Gasteiger partial charge in [-0.1, -0.05) is 12.1 Å². The Bertz CT molecular complexity index is 842. The van der Waals surface area contributed by atoms with E-state index in [1.807, 2.05) is 24.3 Å². The minimum absolute atomic E-state index is 0.346. The second-order valence-corrected chi connectivity index (χ2v) is 6.56. The number of amides is 1. The molecule has 0 radical (unpaired) electrons. The van der Waals surface area contributed by atoms with Gasteiger partial charge in [0.25, 0.3) is 0 Å². The van der Waals surface area contributed by atoms with Crippen molar-refractivity contribution in [3.05, 3.63) is 30.0 Å². The Balaban J connectivity index is 1.99. The molecule has 8 nitrogen and oxygen atoms in total. The number of likely N-dealkylation sites (N-methyl/N-ethyl adjacent to an activating group) is 1. The Labute approximate surface area is 158 Å². The summed E-state index contributed by atoms with van der Waals surface area (Å²) in [5, 5.41) is 12.4. The molecule has 3 rings (SSSR count). The van der Waals surface area contributed by atoms with Gasteiger partial charge in [-0.3, -0.25) is 4.79 Å². The van der Waals surface area contributed by atoms with E-state index in [9.17, 15) is 10.1 Å². The lowest BCUT2D eigenvalue weighted by Crippen LogP contribution is -2.45. The van der Waals surface area contributed by atoms with Gasteiger partial charge in [0.15, 0.2) is 11.7 Å². The highest BCUT2D eigenvalue weighted by atomic mass is 16.5. The van der Waals surface area contributed by atoms with E-state index in [0.29, 0.717) is 30.2 Å². The fourth-order valence-electron chi connectivity index (χ4n) is 3.07. The average molecular weight is 368 g/mol. The molecule has 1 amide bonds. The zero-order valence-electron chi connectivity index (χ0n) is 15.7. The maximum Gasteiger partial charge on any atom is 0.243 e. The molecule has 2 heterocycles. The largest absolute Gasteiger partial charge is 0.383 e. The van der Waals surface area contributed by atoms with Crippen LogP contribution in [0.3, 0.4) is 0 Å². The number of nitriles is 1. The number of fused-ring (bicyclic) bond motifs is 1. The summed E-state index contributed by atoms with van der Waals surface area (Å²) >= 11 is 0. The van der Waals surface area contributed by atoms with Crippen molar-refractivity contribution in [1.29, 1.82) is 5.26 Å². The van der Waals surface area contributed by atoms with Gasteiger partial charge in [-0.15, -0.1) is 0 Å². The van der Waals surface area contributed by atoms with Crippen LogP contribution in [0.25, 0.3) is 11.0 Å². The van der Waals surface area contributed by atoms with Crippen molar-refractivity contribution >= 4 is 22.8 Å². The normalized spacial score (nSPS) is 16.1. The van der Waals surface area contributed by atoms with Crippen LogP contribution >= 0.6 is 0 Å². The van der Waals surface area contributed by atoms with Crippen LogP contribution in [0, 0.1) is 11.3 Å². The number of anilines is 1. The van der Waals surface area contributed by atoms with E-state index in [2.05, 4.69) is 33.2 Å². The molecule has 142 valence electrons. The van der Waals surface area contributed by atoms with E-state index in [4.69, 9.17) is 9.72 Å². The van der Waals surface area contributed by atoms with Gasteiger partial charge in [-0.25, -0.2) is 9.97 Å². The maximum absolute atomic E-state index is 12.6. The van der Waals surface area contributed by atoms with Gasteiger partial charge in [0, 0.05) is 39.8 Å². The molecule has 0 saturated carbocycles. The van der Waals surface area contributed by atoms with Crippen molar-refractivity contribution in [3.8, 4) is 6.07 Å². The number of carbonyl (C=O) groups is 1. The third kappa shape index (κ3) is 4.32. The molecule has 1 atom stereocenters. The van der Waals surface area contributed by atoms with E-state index in [1.54, 1.807) is 7.11 Å². The molecule has 1 aromatic carbocycles. The second kappa shape index (κ2) is 8.75. The summed E-state index contributed by atoms with van der Waals surface area (Å²) in [7, 11) is 3.64. The summed E-state index contributed by atoms with van der Waals surface area (Å²) in [6.45, 7) is 4.08. The molecule has 1 aliphatic heterocycles. The van der Waals surface area contributed by atoms with Crippen molar-refractivity contribution in [2.45, 2.75) is 5.92 Å². The topological polar surface area (TPSA) is 94.4 Å². The standard InChI is InChI=1S/C19H24N6O2/c1-24-8-10-25(11-9-24)18-17(14(13-20)19(26)21-7-12-27-2)22-15-5-3-4-6-16(15)23-18/h3-6,14H,7-12H2,1-2H3,(H,21,26)/t14-/m1/s1. The lowest BCUT2D eigenvalue weighted by molar-refractivity contribution is -0.121. The molecule has 0 aliphatic carbocycles. The molecule has 8 heteroatoms. The van der Waals surface area contributed by atoms with Crippen LogP contribution in [0.5, 0.6) is 0 Å². The first-order valence-electron chi connectivity index (χ1n) is 9.00. The van der Waals surface area contributed by atoms with Crippen molar-refractivity contribution in [2.24, 2.45) is 0 Å². The number of piperazine rings is 1. The fraction of sp³-hybridized carbons (Fsp3) is 0.474. The summed E-state index contributed by atoms with van der Waals surface area (Å²) < 4.78 is 4.96. The highest BCUT2D eigenvalue weighted by molar-refractivity contribution is 5.88. The molecule has 1 N–H and O–H groups in total. The first-order chi connectivity index (χ1) is 13.1. The molecule has 1 aromatic heterocycles. The molecule has 0 bridgehead atoms. The molecule has 2 aromatic rings. The zero-order chi connectivity index (χ0) is 19.2. The average Bonchev–Trinajstić information content (AvgIpc) is 2.69. The van der Waals surface area contributed by atoms with Gasteiger partial charge in [0.05, 0.1) is 23.7 Å². The van der Waals surface area contributed by atoms with E-state index >= 15 is 0 Å². The van der Waals surface area contributed by atoms with Crippen LogP contribution in [0.4, 0.5) is 5.82 Å². The van der Waals surface area contributed by atoms with Crippen molar-refractivity contribution in [1.82, 2.24) is 20.2 Å². The number of ether oxygens (including phenoxy) is 1. The lowest BCUT2D eigenvalue weighted by atomic mass is 10.0. The van der Waals surface area contributed by atoms with Crippen LogP contribution in [0.15, 0.2) is 24.3 Å². The third-order valence-electron chi connectivity index (χ3n) is 4.65. The van der Waals surface area contributed by atoms with Crippen LogP contribution in [-0.4, -0.2) is 74.3 Å². The second-order valence-electron chi connectivity index (χ2n) is 6.56. The minimum Gasteiger partial charge on any atom is -0.383 e. The lowest BCUT2D eigenvalue weighted by Gasteiger charge is -2.34. The van der Waals surface area contributed by atoms with Gasteiger partial charge in [0.2, 0.25) is 5.91 Å².